The highest BCUT2D eigenvalue weighted by molar-refractivity contribution is 6.08. The predicted molar refractivity (Wildman–Crippen MR) is 135 cm³/mol. The van der Waals surface area contributed by atoms with Gasteiger partial charge in [-0.15, -0.1) is 0 Å². The maximum Gasteiger partial charge on any atom is 0.258 e. The first-order chi connectivity index (χ1) is 17.4. The van der Waals surface area contributed by atoms with Gasteiger partial charge in [-0.25, -0.2) is 14.4 Å². The summed E-state index contributed by atoms with van der Waals surface area (Å²) in [5.41, 5.74) is 9.88. The second-order valence-corrected chi connectivity index (χ2v) is 8.44. The third-order valence-corrected chi connectivity index (χ3v) is 5.39. The Kier molecular flexibility index (Phi) is 7.55. The molecule has 1 aliphatic heterocycles. The van der Waals surface area contributed by atoms with E-state index in [4.69, 9.17) is 20.6 Å². The van der Waals surface area contributed by atoms with Crippen LogP contribution < -0.4 is 21.1 Å². The molecule has 1 aromatic heterocycles. The van der Waals surface area contributed by atoms with Gasteiger partial charge in [0, 0.05) is 40.8 Å². The van der Waals surface area contributed by atoms with Crippen LogP contribution in [0.3, 0.4) is 0 Å². The summed E-state index contributed by atoms with van der Waals surface area (Å²) in [5, 5.41) is 13.5. The number of hydrogen-bond acceptors (Lipinski definition) is 8. The second-order valence-electron chi connectivity index (χ2n) is 8.44. The van der Waals surface area contributed by atoms with Gasteiger partial charge in [0.25, 0.3) is 5.91 Å². The molecule has 0 atom stereocenters. The fraction of sp³-hybridized carbons (Fsp3) is 0.231. The number of nitrogens with zero attached hydrogens (tertiary/aromatic N) is 2. The Labute approximate surface area is 208 Å². The highest BCUT2D eigenvalue weighted by Gasteiger charge is 2.21. The standard InChI is InChI=1S/C26H27FN6O3/c1-15(2)30-24(34)14-36-23-9-17(5-8-21(23)27)25-32-22-13-35-12-20(22)26(33-25)31-19-6-3-16(4-7-19)18(10-28)11-29/h3-11,15,28H,12-14,29H2,1-2H3,(H,30,34)(H,31,32,33)/b18-11+,28-10?. The molecule has 0 spiro atoms. The first-order valence-electron chi connectivity index (χ1n) is 11.4. The van der Waals surface area contributed by atoms with Crippen LogP contribution in [0.25, 0.3) is 17.0 Å². The molecular formula is C26H27FN6O3. The fourth-order valence-electron chi connectivity index (χ4n) is 3.65. The summed E-state index contributed by atoms with van der Waals surface area (Å²) in [6, 6.07) is 11.7. The summed E-state index contributed by atoms with van der Waals surface area (Å²) in [6.45, 7) is 4.06. The molecule has 0 unspecified atom stereocenters. The maximum absolute atomic E-state index is 14.4. The van der Waals surface area contributed by atoms with Crippen molar-refractivity contribution >= 4 is 29.2 Å². The molecule has 0 saturated carbocycles. The van der Waals surface area contributed by atoms with Gasteiger partial charge in [0.2, 0.25) is 0 Å². The molecule has 0 saturated heterocycles. The normalized spacial score (nSPS) is 12.8. The van der Waals surface area contributed by atoms with E-state index in [-0.39, 0.29) is 24.3 Å². The molecule has 4 rings (SSSR count). The lowest BCUT2D eigenvalue weighted by molar-refractivity contribution is -0.123. The van der Waals surface area contributed by atoms with E-state index in [0.717, 1.165) is 22.5 Å². The van der Waals surface area contributed by atoms with Crippen LogP contribution >= 0.6 is 0 Å². The Morgan fingerprint density at radius 3 is 2.69 bits per heavy atom. The lowest BCUT2D eigenvalue weighted by atomic mass is 10.1. The van der Waals surface area contributed by atoms with Crippen molar-refractivity contribution < 1.29 is 18.7 Å². The summed E-state index contributed by atoms with van der Waals surface area (Å²) in [5.74, 6) is -0.0494. The largest absolute Gasteiger partial charge is 0.481 e. The number of nitrogens with one attached hydrogen (secondary N) is 3. The molecule has 186 valence electrons. The molecule has 0 radical (unpaired) electrons. The number of carbonyl (C=O) groups excluding carboxylic acids is 1. The van der Waals surface area contributed by atoms with Crippen LogP contribution in [-0.4, -0.2) is 34.7 Å². The van der Waals surface area contributed by atoms with Gasteiger partial charge >= 0.3 is 0 Å². The van der Waals surface area contributed by atoms with Gasteiger partial charge in [-0.3, -0.25) is 4.79 Å². The summed E-state index contributed by atoms with van der Waals surface area (Å²) in [4.78, 5) is 21.2. The minimum Gasteiger partial charge on any atom is -0.481 e. The van der Waals surface area contributed by atoms with Crippen LogP contribution in [0.2, 0.25) is 0 Å². The molecule has 0 fully saturated rings. The van der Waals surface area contributed by atoms with E-state index in [9.17, 15) is 9.18 Å². The molecule has 2 heterocycles. The molecule has 9 nitrogen and oxygen atoms in total. The van der Waals surface area contributed by atoms with Crippen molar-refractivity contribution in [2.45, 2.75) is 33.1 Å². The zero-order valence-electron chi connectivity index (χ0n) is 20.0. The van der Waals surface area contributed by atoms with E-state index in [0.29, 0.717) is 36.0 Å². The molecule has 36 heavy (non-hydrogen) atoms. The molecule has 0 aliphatic carbocycles. The number of hydrogen-bond donors (Lipinski definition) is 4. The zero-order chi connectivity index (χ0) is 25.7. The van der Waals surface area contributed by atoms with Crippen LogP contribution in [0, 0.1) is 11.2 Å². The molecule has 1 amide bonds. The minimum atomic E-state index is -0.588. The Balaban J connectivity index is 1.60. The van der Waals surface area contributed by atoms with Gasteiger partial charge in [0.05, 0.1) is 18.9 Å². The van der Waals surface area contributed by atoms with Gasteiger partial charge in [-0.2, -0.15) is 0 Å². The van der Waals surface area contributed by atoms with Gasteiger partial charge in [-0.05, 0) is 49.7 Å². The molecular weight excluding hydrogens is 463 g/mol. The van der Waals surface area contributed by atoms with Crippen LogP contribution in [0.4, 0.5) is 15.9 Å². The second kappa shape index (κ2) is 11.0. The highest BCUT2D eigenvalue weighted by Crippen LogP contribution is 2.32. The summed E-state index contributed by atoms with van der Waals surface area (Å²) < 4.78 is 25.4. The number of benzene rings is 2. The van der Waals surface area contributed by atoms with E-state index >= 15 is 0 Å². The highest BCUT2D eigenvalue weighted by atomic mass is 19.1. The molecule has 10 heteroatoms. The van der Waals surface area contributed by atoms with Crippen molar-refractivity contribution in [1.82, 2.24) is 15.3 Å². The number of anilines is 2. The fourth-order valence-corrected chi connectivity index (χ4v) is 3.65. The smallest absolute Gasteiger partial charge is 0.258 e. The van der Waals surface area contributed by atoms with Gasteiger partial charge in [0.15, 0.2) is 24.0 Å². The third-order valence-electron chi connectivity index (χ3n) is 5.39. The van der Waals surface area contributed by atoms with Gasteiger partial charge < -0.3 is 31.3 Å². The van der Waals surface area contributed by atoms with E-state index < -0.39 is 5.82 Å². The molecule has 3 aromatic rings. The first-order valence-corrected chi connectivity index (χ1v) is 11.4. The van der Waals surface area contributed by atoms with Crippen LogP contribution in [0.5, 0.6) is 5.75 Å². The van der Waals surface area contributed by atoms with Crippen LogP contribution in [0.15, 0.2) is 48.7 Å². The number of allylic oxidation sites excluding steroid dienone is 1. The Morgan fingerprint density at radius 1 is 1.22 bits per heavy atom. The van der Waals surface area contributed by atoms with E-state index in [1.54, 1.807) is 6.07 Å². The van der Waals surface area contributed by atoms with Gasteiger partial charge in [-0.1, -0.05) is 12.1 Å². The molecule has 0 bridgehead atoms. The summed E-state index contributed by atoms with van der Waals surface area (Å²) >= 11 is 0. The number of ether oxygens (including phenoxy) is 2. The van der Waals surface area contributed by atoms with Crippen molar-refractivity contribution in [2.75, 3.05) is 11.9 Å². The molecule has 2 aromatic carbocycles. The zero-order valence-corrected chi connectivity index (χ0v) is 20.0. The Morgan fingerprint density at radius 2 is 2.00 bits per heavy atom. The van der Waals surface area contributed by atoms with Crippen molar-refractivity contribution in [1.29, 1.82) is 5.41 Å². The number of carbonyl (C=O) groups is 1. The molecule has 1 aliphatic rings. The average Bonchev–Trinajstić information content (AvgIpc) is 3.34. The lowest BCUT2D eigenvalue weighted by Gasteiger charge is -2.13. The monoisotopic (exact) mass is 490 g/mol. The Bertz CT molecular complexity index is 1310. The Hall–Kier alpha value is -4.31. The van der Waals surface area contributed by atoms with Crippen molar-refractivity contribution in [2.24, 2.45) is 5.73 Å². The lowest BCUT2D eigenvalue weighted by Crippen LogP contribution is -2.34. The van der Waals surface area contributed by atoms with Crippen molar-refractivity contribution in [3.8, 4) is 17.1 Å². The topological polar surface area (TPSA) is 135 Å². The number of aromatic nitrogens is 2. The maximum atomic E-state index is 14.4. The number of rotatable bonds is 9. The number of amides is 1. The average molecular weight is 491 g/mol. The van der Waals surface area contributed by atoms with Crippen molar-refractivity contribution in [3.05, 3.63) is 71.3 Å². The summed E-state index contributed by atoms with van der Waals surface area (Å²) in [6.07, 6.45) is 2.58. The number of nitrogens with two attached hydrogens (primary N) is 1. The van der Waals surface area contributed by atoms with E-state index in [2.05, 4.69) is 20.6 Å². The van der Waals surface area contributed by atoms with E-state index in [1.165, 1.54) is 24.5 Å². The third kappa shape index (κ3) is 5.66. The molecule has 5 N–H and O–H groups in total. The number of halogens is 1. The van der Waals surface area contributed by atoms with E-state index in [1.807, 2.05) is 38.1 Å². The number of fused-ring (bicyclic) bond motifs is 1. The predicted octanol–water partition coefficient (Wildman–Crippen LogP) is 3.91. The first kappa shape index (κ1) is 24.8. The quantitative estimate of drug-likeness (QED) is 0.334. The van der Waals surface area contributed by atoms with Crippen LogP contribution in [-0.2, 0) is 22.7 Å². The minimum absolute atomic E-state index is 0.0448. The van der Waals surface area contributed by atoms with Crippen molar-refractivity contribution in [3.63, 3.8) is 0 Å². The summed E-state index contributed by atoms with van der Waals surface area (Å²) in [7, 11) is 0. The van der Waals surface area contributed by atoms with Crippen LogP contribution in [0.1, 0.15) is 30.7 Å². The van der Waals surface area contributed by atoms with Gasteiger partial charge in [0.1, 0.15) is 5.82 Å². The SMILES string of the molecule is CC(C)NC(=O)COc1cc(-c2nc3c(c(Nc4ccc(/C(C=N)=C/N)cc4)n2)COC3)ccc1F.